The third-order valence-corrected chi connectivity index (χ3v) is 6.96. The number of hydrogen-bond donors (Lipinski definition) is 1. The van der Waals surface area contributed by atoms with Crippen LogP contribution in [-0.4, -0.2) is 40.7 Å². The Hall–Kier alpha value is -3.67. The van der Waals surface area contributed by atoms with E-state index in [1.165, 1.54) is 24.4 Å². The summed E-state index contributed by atoms with van der Waals surface area (Å²) in [5.74, 6) is -4.59. The highest BCUT2D eigenvalue weighted by Gasteiger charge is 2.43. The largest absolute Gasteiger partial charge is 0.342 e. The highest BCUT2D eigenvalue weighted by atomic mass is 19.3. The van der Waals surface area contributed by atoms with E-state index in [2.05, 4.69) is 10.3 Å². The minimum Gasteiger partial charge on any atom is -0.342 e. The first-order chi connectivity index (χ1) is 17.1. The molecule has 0 bridgehead atoms. The van der Waals surface area contributed by atoms with Gasteiger partial charge in [0.15, 0.2) is 0 Å². The summed E-state index contributed by atoms with van der Waals surface area (Å²) in [7, 11) is 0. The van der Waals surface area contributed by atoms with Gasteiger partial charge < -0.3 is 10.2 Å². The predicted octanol–water partition coefficient (Wildman–Crippen LogP) is 5.40. The topological polar surface area (TPSA) is 86.1 Å². The third-order valence-electron chi connectivity index (χ3n) is 6.96. The van der Waals surface area contributed by atoms with Gasteiger partial charge in [-0.05, 0) is 62.4 Å². The van der Waals surface area contributed by atoms with E-state index in [1.54, 1.807) is 18.7 Å². The number of aryl methyl sites for hydroxylation is 1. The number of halogens is 3. The Labute approximate surface area is 207 Å². The molecule has 2 heterocycles. The zero-order chi connectivity index (χ0) is 26.0. The number of nitrogens with one attached hydrogen (secondary N) is 1. The first-order valence-electron chi connectivity index (χ1n) is 11.9. The van der Waals surface area contributed by atoms with Gasteiger partial charge >= 0.3 is 0 Å². The van der Waals surface area contributed by atoms with Gasteiger partial charge in [0, 0.05) is 43.7 Å². The number of rotatable bonds is 4. The van der Waals surface area contributed by atoms with Gasteiger partial charge in [-0.15, -0.1) is 0 Å². The van der Waals surface area contributed by atoms with Crippen LogP contribution in [0.15, 0.2) is 30.0 Å². The summed E-state index contributed by atoms with van der Waals surface area (Å²) < 4.78 is 41.4. The molecular formula is C27H27F3N4O2. The average Bonchev–Trinajstić information content (AvgIpc) is 3.21. The lowest BCUT2D eigenvalue weighted by Crippen LogP contribution is -2.39. The molecule has 1 saturated carbocycles. The molecule has 2 aromatic rings. The Balaban J connectivity index is 1.45. The number of aromatic nitrogens is 1. The molecule has 1 aliphatic carbocycles. The normalized spacial score (nSPS) is 19.1. The van der Waals surface area contributed by atoms with Crippen molar-refractivity contribution in [2.24, 2.45) is 5.92 Å². The molecule has 9 heteroatoms. The SMILES string of the molecule is Cc1ncc(C(=O)Nc2cc(F)cc(C=C3CCN(C(=O)C4CCC(F)(F)C4)CC3)c2C)cc1C#N. The number of hydrogen-bond acceptors (Lipinski definition) is 4. The van der Waals surface area contributed by atoms with E-state index in [9.17, 15) is 28.0 Å². The highest BCUT2D eigenvalue weighted by Crippen LogP contribution is 2.40. The molecule has 1 aromatic heterocycles. The van der Waals surface area contributed by atoms with Crippen LogP contribution >= 0.6 is 0 Å². The maximum absolute atomic E-state index is 14.4. The lowest BCUT2D eigenvalue weighted by atomic mass is 9.96. The van der Waals surface area contributed by atoms with E-state index in [0.717, 1.165) is 5.57 Å². The first-order valence-corrected chi connectivity index (χ1v) is 11.9. The lowest BCUT2D eigenvalue weighted by Gasteiger charge is -2.30. The maximum Gasteiger partial charge on any atom is 0.257 e. The van der Waals surface area contributed by atoms with E-state index < -0.39 is 23.6 Å². The van der Waals surface area contributed by atoms with Crippen molar-refractivity contribution in [3.63, 3.8) is 0 Å². The molecule has 36 heavy (non-hydrogen) atoms. The monoisotopic (exact) mass is 496 g/mol. The second-order valence-electron chi connectivity index (χ2n) is 9.51. The zero-order valence-electron chi connectivity index (χ0n) is 20.2. The summed E-state index contributed by atoms with van der Waals surface area (Å²) in [6.45, 7) is 4.32. The number of piperidine rings is 1. The Bertz CT molecular complexity index is 1270. The second-order valence-corrected chi connectivity index (χ2v) is 9.51. The van der Waals surface area contributed by atoms with Crippen LogP contribution in [-0.2, 0) is 4.79 Å². The van der Waals surface area contributed by atoms with Gasteiger partial charge in [-0.25, -0.2) is 13.2 Å². The van der Waals surface area contributed by atoms with Crippen molar-refractivity contribution in [2.75, 3.05) is 18.4 Å². The van der Waals surface area contributed by atoms with E-state index in [-0.39, 0.29) is 36.3 Å². The molecule has 188 valence electrons. The number of alkyl halides is 2. The van der Waals surface area contributed by atoms with E-state index >= 15 is 0 Å². The average molecular weight is 497 g/mol. The van der Waals surface area contributed by atoms with Crippen LogP contribution < -0.4 is 5.32 Å². The van der Waals surface area contributed by atoms with Crippen molar-refractivity contribution in [1.29, 1.82) is 5.26 Å². The number of anilines is 1. The van der Waals surface area contributed by atoms with Gasteiger partial charge in [0.25, 0.3) is 5.91 Å². The van der Waals surface area contributed by atoms with Gasteiger partial charge in [0.2, 0.25) is 11.8 Å². The summed E-state index contributed by atoms with van der Waals surface area (Å²) >= 11 is 0. The van der Waals surface area contributed by atoms with Crippen molar-refractivity contribution in [3.05, 3.63) is 63.7 Å². The standard InChI is InChI=1S/C27H27F3N4O2/c1-16-20(9-18-4-7-34(8-5-18)26(36)19-3-6-27(29,30)13-19)11-23(28)12-24(16)33-25(35)22-10-21(14-31)17(2)32-15-22/h9-12,15,19H,3-8,13H2,1-2H3,(H,33,35). The van der Waals surface area contributed by atoms with Crippen LogP contribution in [0.25, 0.3) is 6.08 Å². The molecule has 6 nitrogen and oxygen atoms in total. The van der Waals surface area contributed by atoms with E-state index in [0.29, 0.717) is 48.4 Å². The molecule has 2 fully saturated rings. The van der Waals surface area contributed by atoms with Crippen LogP contribution in [0.4, 0.5) is 18.9 Å². The molecule has 1 unspecified atom stereocenters. The minimum absolute atomic E-state index is 0.192. The number of pyridine rings is 1. The molecule has 0 radical (unpaired) electrons. The number of carbonyl (C=O) groups excluding carboxylic acids is 2. The van der Waals surface area contributed by atoms with E-state index in [1.807, 2.05) is 12.1 Å². The number of nitriles is 1. The van der Waals surface area contributed by atoms with Gasteiger partial charge in [0.05, 0.1) is 16.8 Å². The maximum atomic E-state index is 14.4. The number of nitrogens with zero attached hydrogens (tertiary/aromatic N) is 3. The summed E-state index contributed by atoms with van der Waals surface area (Å²) in [4.78, 5) is 31.1. The summed E-state index contributed by atoms with van der Waals surface area (Å²) in [6, 6.07) is 6.06. The summed E-state index contributed by atoms with van der Waals surface area (Å²) in [5.41, 5.74) is 3.59. The Kier molecular flexibility index (Phi) is 7.16. The molecule has 1 saturated heterocycles. The van der Waals surface area contributed by atoms with Crippen molar-refractivity contribution in [2.45, 2.75) is 51.9 Å². The van der Waals surface area contributed by atoms with Crippen molar-refractivity contribution < 1.29 is 22.8 Å². The van der Waals surface area contributed by atoms with Gasteiger partial charge in [-0.3, -0.25) is 14.6 Å². The fourth-order valence-corrected chi connectivity index (χ4v) is 4.74. The molecule has 4 rings (SSSR count). The Morgan fingerprint density at radius 2 is 1.94 bits per heavy atom. The molecule has 1 aliphatic heterocycles. The summed E-state index contributed by atoms with van der Waals surface area (Å²) in [6.07, 6.45) is 3.97. The second kappa shape index (κ2) is 10.1. The number of benzene rings is 1. The van der Waals surface area contributed by atoms with Crippen molar-refractivity contribution >= 4 is 23.6 Å². The quantitative estimate of drug-likeness (QED) is 0.614. The van der Waals surface area contributed by atoms with Crippen LogP contribution in [0.1, 0.15) is 64.8 Å². The van der Waals surface area contributed by atoms with Crippen LogP contribution in [0.3, 0.4) is 0 Å². The fraction of sp³-hybridized carbons (Fsp3) is 0.407. The Morgan fingerprint density at radius 1 is 1.22 bits per heavy atom. The van der Waals surface area contributed by atoms with Gasteiger partial charge in [0.1, 0.15) is 11.9 Å². The molecule has 1 N–H and O–H groups in total. The Morgan fingerprint density at radius 3 is 2.58 bits per heavy atom. The molecule has 0 spiro atoms. The molecule has 1 atom stereocenters. The van der Waals surface area contributed by atoms with Crippen LogP contribution in [0, 0.1) is 36.9 Å². The van der Waals surface area contributed by atoms with Gasteiger partial charge in [-0.1, -0.05) is 11.6 Å². The van der Waals surface area contributed by atoms with Crippen molar-refractivity contribution in [3.8, 4) is 6.07 Å². The highest BCUT2D eigenvalue weighted by molar-refractivity contribution is 6.05. The molecule has 2 aliphatic rings. The van der Waals surface area contributed by atoms with Crippen molar-refractivity contribution in [1.82, 2.24) is 9.88 Å². The first kappa shape index (κ1) is 25.4. The van der Waals surface area contributed by atoms with Crippen LogP contribution in [0.5, 0.6) is 0 Å². The number of amides is 2. The third kappa shape index (κ3) is 5.59. The molecular weight excluding hydrogens is 469 g/mol. The zero-order valence-corrected chi connectivity index (χ0v) is 20.2. The minimum atomic E-state index is -2.75. The molecule has 2 amide bonds. The number of likely N-dealkylation sites (tertiary alicyclic amines) is 1. The van der Waals surface area contributed by atoms with Gasteiger partial charge in [-0.2, -0.15) is 5.26 Å². The molecule has 1 aromatic carbocycles. The fourth-order valence-electron chi connectivity index (χ4n) is 4.74. The lowest BCUT2D eigenvalue weighted by molar-refractivity contribution is -0.136. The predicted molar refractivity (Wildman–Crippen MR) is 129 cm³/mol. The number of carbonyl (C=O) groups is 2. The summed E-state index contributed by atoms with van der Waals surface area (Å²) in [5, 5.41) is 11.9. The van der Waals surface area contributed by atoms with Crippen LogP contribution in [0.2, 0.25) is 0 Å². The van der Waals surface area contributed by atoms with E-state index in [4.69, 9.17) is 0 Å². The smallest absolute Gasteiger partial charge is 0.257 e.